The molecule has 0 fully saturated rings. The maximum absolute atomic E-state index is 12.0. The minimum absolute atomic E-state index is 0.298. The molecule has 4 N–H and O–H groups in total. The zero-order valence-electron chi connectivity index (χ0n) is 14.2. The first-order valence-electron chi connectivity index (χ1n) is 8.19. The van der Waals surface area contributed by atoms with Crippen LogP contribution in [0.15, 0.2) is 42.5 Å². The summed E-state index contributed by atoms with van der Waals surface area (Å²) in [7, 11) is 1.18. The van der Waals surface area contributed by atoms with E-state index in [4.69, 9.17) is 20.7 Å². The topological polar surface area (TPSA) is 105 Å². The first kappa shape index (κ1) is 18.0. The van der Waals surface area contributed by atoms with Crippen LogP contribution in [0.25, 0.3) is 16.9 Å². The SMILES string of the molecule is NC(=O)c1nn(-c2ccc(OOS[AsH2])cc2)c2c1CCc1ccc(N)cc1-2. The van der Waals surface area contributed by atoms with Gasteiger partial charge in [0.05, 0.1) is 0 Å². The number of anilines is 1. The van der Waals surface area contributed by atoms with E-state index in [1.807, 2.05) is 30.3 Å². The Hall–Kier alpha value is -2.41. The van der Waals surface area contributed by atoms with Crippen molar-refractivity contribution in [1.29, 1.82) is 0 Å². The third-order valence-electron chi connectivity index (χ3n) is 4.50. The zero-order valence-corrected chi connectivity index (χ0v) is 17.5. The van der Waals surface area contributed by atoms with Crippen molar-refractivity contribution in [3.05, 3.63) is 59.3 Å². The van der Waals surface area contributed by atoms with Gasteiger partial charge in [0.15, 0.2) is 0 Å². The summed E-state index contributed by atoms with van der Waals surface area (Å²) in [6, 6.07) is 13.1. The summed E-state index contributed by atoms with van der Waals surface area (Å²) in [5, 5.41) is 4.51. The molecule has 0 spiro atoms. The molecule has 0 saturated heterocycles. The Morgan fingerprint density at radius 3 is 2.67 bits per heavy atom. The first-order chi connectivity index (χ1) is 13.1. The number of amides is 1. The Labute approximate surface area is 167 Å². The van der Waals surface area contributed by atoms with E-state index in [2.05, 4.69) is 5.10 Å². The fourth-order valence-corrected chi connectivity index (χ4v) is 3.71. The second-order valence-corrected chi connectivity index (χ2v) is 7.65. The van der Waals surface area contributed by atoms with E-state index in [1.54, 1.807) is 16.8 Å². The van der Waals surface area contributed by atoms with Crippen molar-refractivity contribution in [3.63, 3.8) is 0 Å². The van der Waals surface area contributed by atoms with Crippen LogP contribution in [-0.2, 0) is 17.2 Å². The van der Waals surface area contributed by atoms with Crippen molar-refractivity contribution in [2.24, 2.45) is 5.73 Å². The molecular weight excluding hydrogens is 427 g/mol. The van der Waals surface area contributed by atoms with Crippen LogP contribution in [0, 0.1) is 0 Å². The number of carbonyl (C=O) groups is 1. The summed E-state index contributed by atoms with van der Waals surface area (Å²) in [6.07, 6.45) is 1.52. The molecule has 0 saturated carbocycles. The average molecular weight is 444 g/mol. The molecule has 0 radical (unpaired) electrons. The average Bonchev–Trinajstić information content (AvgIpc) is 3.07. The molecule has 9 heteroatoms. The van der Waals surface area contributed by atoms with Crippen LogP contribution in [0.5, 0.6) is 5.75 Å². The van der Waals surface area contributed by atoms with Gasteiger partial charge in [-0.25, -0.2) is 0 Å². The van der Waals surface area contributed by atoms with Crippen LogP contribution in [0.3, 0.4) is 0 Å². The van der Waals surface area contributed by atoms with E-state index in [9.17, 15) is 4.79 Å². The van der Waals surface area contributed by atoms with Gasteiger partial charge in [-0.1, -0.05) is 0 Å². The Kier molecular flexibility index (Phi) is 4.86. The molecule has 1 unspecified atom stereocenters. The summed E-state index contributed by atoms with van der Waals surface area (Å²) < 4.78 is 6.64. The van der Waals surface area contributed by atoms with E-state index >= 15 is 0 Å². The molecule has 27 heavy (non-hydrogen) atoms. The van der Waals surface area contributed by atoms with Gasteiger partial charge in [-0.15, -0.1) is 0 Å². The Bertz CT molecular complexity index is 1020. The Balaban J connectivity index is 1.86. The number of hydrogen-bond donors (Lipinski definition) is 2. The summed E-state index contributed by atoms with van der Waals surface area (Å²) in [4.78, 5) is 17.1. The molecular formula is C18H17AsN4O3S. The number of primary amides is 1. The van der Waals surface area contributed by atoms with Crippen LogP contribution in [0.1, 0.15) is 21.6 Å². The van der Waals surface area contributed by atoms with Crippen molar-refractivity contribution < 1.29 is 14.0 Å². The van der Waals surface area contributed by atoms with Gasteiger partial charge in [0.1, 0.15) is 0 Å². The summed E-state index contributed by atoms with van der Waals surface area (Å²) >= 11 is 1.34. The minimum atomic E-state index is -0.535. The molecule has 1 aliphatic rings. The molecule has 1 aliphatic carbocycles. The normalized spacial score (nSPS) is 12.3. The Morgan fingerprint density at radius 2 is 1.96 bits per heavy atom. The van der Waals surface area contributed by atoms with Crippen LogP contribution in [0.4, 0.5) is 5.69 Å². The van der Waals surface area contributed by atoms with Gasteiger partial charge in [0.2, 0.25) is 0 Å². The van der Waals surface area contributed by atoms with Gasteiger partial charge in [-0.05, 0) is 6.07 Å². The zero-order chi connectivity index (χ0) is 19.0. The predicted molar refractivity (Wildman–Crippen MR) is 107 cm³/mol. The molecule has 0 aliphatic heterocycles. The van der Waals surface area contributed by atoms with Crippen LogP contribution >= 0.6 is 10.3 Å². The second kappa shape index (κ2) is 7.31. The van der Waals surface area contributed by atoms with Gasteiger partial charge in [-0.2, -0.15) is 0 Å². The van der Waals surface area contributed by atoms with E-state index in [0.717, 1.165) is 28.9 Å². The molecule has 0 bridgehead atoms. The molecule has 138 valence electrons. The van der Waals surface area contributed by atoms with Crippen LogP contribution < -0.4 is 16.4 Å². The monoisotopic (exact) mass is 444 g/mol. The molecule has 4 rings (SSSR count). The van der Waals surface area contributed by atoms with Crippen molar-refractivity contribution in [2.75, 3.05) is 5.73 Å². The molecule has 1 atom stereocenters. The summed E-state index contributed by atoms with van der Waals surface area (Å²) in [5.74, 6) is 0.0391. The van der Waals surface area contributed by atoms with E-state index in [0.29, 0.717) is 23.6 Å². The fourth-order valence-electron chi connectivity index (χ4n) is 3.34. The van der Waals surface area contributed by atoms with Crippen LogP contribution in [0.2, 0.25) is 0 Å². The van der Waals surface area contributed by atoms with Crippen molar-refractivity contribution in [2.45, 2.75) is 12.8 Å². The standard InChI is InChI=1S/C18H17AsN4O3S/c19-27-26-25-13-6-4-12(5-7-13)23-17-14(16(22-23)18(21)24)8-2-10-1-3-11(20)9-15(10)17/h1,3-7,9H,2,8,19-20H2,(H2,21,24). The van der Waals surface area contributed by atoms with E-state index < -0.39 is 5.91 Å². The number of nitrogens with zero attached hydrogens (tertiary/aromatic N) is 2. The number of rotatable bonds is 5. The van der Waals surface area contributed by atoms with Crippen molar-refractivity contribution in [3.8, 4) is 22.7 Å². The summed E-state index contributed by atoms with van der Waals surface area (Å²) in [5.41, 5.74) is 17.2. The number of fused-ring (bicyclic) bond motifs is 3. The third kappa shape index (κ3) is 3.31. The third-order valence-corrected chi connectivity index (χ3v) is 5.14. The Morgan fingerprint density at radius 1 is 1.19 bits per heavy atom. The molecule has 1 aromatic heterocycles. The number of nitrogen functional groups attached to an aromatic ring is 1. The number of hydrogen-bond acceptors (Lipinski definition) is 6. The number of nitrogens with two attached hydrogens (primary N) is 2. The van der Waals surface area contributed by atoms with Gasteiger partial charge < -0.3 is 5.73 Å². The molecule has 1 amide bonds. The quantitative estimate of drug-likeness (QED) is 0.205. The molecule has 2 aromatic carbocycles. The second-order valence-electron chi connectivity index (χ2n) is 6.11. The van der Waals surface area contributed by atoms with E-state index in [-0.39, 0.29) is 0 Å². The van der Waals surface area contributed by atoms with Gasteiger partial charge in [0, 0.05) is 0 Å². The number of benzene rings is 2. The molecule has 1 heterocycles. The number of aryl methyl sites for hydroxylation is 1. The molecule has 7 nitrogen and oxygen atoms in total. The predicted octanol–water partition coefficient (Wildman–Crippen LogP) is 1.83. The van der Waals surface area contributed by atoms with Crippen molar-refractivity contribution in [1.82, 2.24) is 9.78 Å². The summed E-state index contributed by atoms with van der Waals surface area (Å²) in [6.45, 7) is 0. The molecule has 3 aromatic rings. The number of aromatic nitrogens is 2. The van der Waals surface area contributed by atoms with E-state index in [1.165, 1.54) is 31.6 Å². The van der Waals surface area contributed by atoms with Gasteiger partial charge >= 0.3 is 156 Å². The van der Waals surface area contributed by atoms with Gasteiger partial charge in [0.25, 0.3) is 0 Å². The van der Waals surface area contributed by atoms with Gasteiger partial charge in [-0.3, -0.25) is 0 Å². The first-order valence-corrected chi connectivity index (χ1v) is 12.0. The van der Waals surface area contributed by atoms with Crippen LogP contribution in [-0.4, -0.2) is 31.4 Å². The fraction of sp³-hybridized carbons (Fsp3) is 0.111. The van der Waals surface area contributed by atoms with Crippen molar-refractivity contribution >= 4 is 37.6 Å². The number of carbonyl (C=O) groups excluding carboxylic acids is 1. The maximum atomic E-state index is 12.0.